The molecule has 0 aromatic rings. The minimum Gasteiger partial charge on any atom is -0.378 e. The summed E-state index contributed by atoms with van der Waals surface area (Å²) < 4.78 is 5.67. The van der Waals surface area contributed by atoms with Gasteiger partial charge < -0.3 is 10.5 Å². The van der Waals surface area contributed by atoms with Crippen molar-refractivity contribution < 1.29 is 4.74 Å². The van der Waals surface area contributed by atoms with Crippen LogP contribution in [0.1, 0.15) is 52.4 Å². The van der Waals surface area contributed by atoms with Crippen LogP contribution in [-0.2, 0) is 4.74 Å². The smallest absolute Gasteiger partial charge is 0.0593 e. The fourth-order valence-electron chi connectivity index (χ4n) is 3.15. The van der Waals surface area contributed by atoms with Crippen LogP contribution in [0.4, 0.5) is 0 Å². The molecule has 0 amide bonds. The largest absolute Gasteiger partial charge is 0.378 e. The van der Waals surface area contributed by atoms with Gasteiger partial charge in [-0.25, -0.2) is 0 Å². The second kappa shape index (κ2) is 3.49. The number of ether oxygens (including phenoxy) is 1. The first-order valence-electron chi connectivity index (χ1n) is 5.90. The fourth-order valence-corrected chi connectivity index (χ4v) is 3.15. The maximum atomic E-state index is 6.43. The van der Waals surface area contributed by atoms with Crippen molar-refractivity contribution in [2.24, 2.45) is 11.1 Å². The summed E-state index contributed by atoms with van der Waals surface area (Å²) in [6.45, 7) is 5.61. The number of hydrogen-bond donors (Lipinski definition) is 1. The van der Waals surface area contributed by atoms with Crippen molar-refractivity contribution in [3.63, 3.8) is 0 Å². The highest BCUT2D eigenvalue weighted by Crippen LogP contribution is 2.45. The molecule has 14 heavy (non-hydrogen) atoms. The van der Waals surface area contributed by atoms with Crippen LogP contribution in [0.3, 0.4) is 0 Å². The van der Waals surface area contributed by atoms with E-state index in [0.717, 1.165) is 13.0 Å². The van der Waals surface area contributed by atoms with Crippen LogP contribution in [0, 0.1) is 5.41 Å². The van der Waals surface area contributed by atoms with Gasteiger partial charge in [0, 0.05) is 12.1 Å². The molecule has 0 radical (unpaired) electrons. The van der Waals surface area contributed by atoms with E-state index in [2.05, 4.69) is 13.8 Å². The maximum Gasteiger partial charge on any atom is 0.0593 e. The number of nitrogens with two attached hydrogens (primary N) is 1. The van der Waals surface area contributed by atoms with E-state index in [4.69, 9.17) is 10.5 Å². The van der Waals surface area contributed by atoms with Gasteiger partial charge in [-0.2, -0.15) is 0 Å². The van der Waals surface area contributed by atoms with Crippen LogP contribution in [-0.4, -0.2) is 18.2 Å². The summed E-state index contributed by atoms with van der Waals surface area (Å²) in [6.07, 6.45) is 7.60. The van der Waals surface area contributed by atoms with Gasteiger partial charge >= 0.3 is 0 Å². The summed E-state index contributed by atoms with van der Waals surface area (Å²) in [5.74, 6) is 0. The Balaban J connectivity index is 1.90. The monoisotopic (exact) mass is 197 g/mol. The molecule has 1 saturated carbocycles. The molecule has 0 spiro atoms. The predicted octanol–water partition coefficient (Wildman–Crippen LogP) is 2.46. The molecule has 2 atom stereocenters. The Labute approximate surface area is 87.2 Å². The summed E-state index contributed by atoms with van der Waals surface area (Å²) >= 11 is 0. The Morgan fingerprint density at radius 2 is 2.14 bits per heavy atom. The first kappa shape index (κ1) is 10.4. The van der Waals surface area contributed by atoms with Crippen molar-refractivity contribution in [1.82, 2.24) is 0 Å². The average Bonchev–Trinajstić information content (AvgIpc) is 2.60. The average molecular weight is 197 g/mol. The lowest BCUT2D eigenvalue weighted by Gasteiger charge is -2.28. The van der Waals surface area contributed by atoms with Gasteiger partial charge in [0.05, 0.1) is 6.10 Å². The molecule has 0 aromatic carbocycles. The van der Waals surface area contributed by atoms with E-state index in [1.807, 2.05) is 0 Å². The minimum absolute atomic E-state index is 0.0680. The highest BCUT2D eigenvalue weighted by molar-refractivity contribution is 4.99. The van der Waals surface area contributed by atoms with Crippen molar-refractivity contribution in [3.05, 3.63) is 0 Å². The van der Waals surface area contributed by atoms with Crippen LogP contribution < -0.4 is 5.73 Å². The van der Waals surface area contributed by atoms with E-state index < -0.39 is 0 Å². The topological polar surface area (TPSA) is 35.2 Å². The van der Waals surface area contributed by atoms with Gasteiger partial charge in [-0.15, -0.1) is 0 Å². The number of hydrogen-bond acceptors (Lipinski definition) is 2. The third-order valence-corrected chi connectivity index (χ3v) is 3.79. The van der Waals surface area contributed by atoms with Gasteiger partial charge in [0.15, 0.2) is 0 Å². The molecule has 2 nitrogen and oxygen atoms in total. The van der Waals surface area contributed by atoms with E-state index in [1.54, 1.807) is 0 Å². The molecule has 2 aliphatic rings. The molecule has 1 saturated heterocycles. The lowest BCUT2D eigenvalue weighted by molar-refractivity contribution is 0.0819. The molecule has 2 N–H and O–H groups in total. The molecular formula is C12H23NO. The summed E-state index contributed by atoms with van der Waals surface area (Å²) in [6, 6.07) is 0. The normalized spacial score (nSPS) is 41.8. The zero-order valence-corrected chi connectivity index (χ0v) is 9.51. The molecule has 0 bridgehead atoms. The molecule has 0 aromatic heterocycles. The molecular weight excluding hydrogens is 174 g/mol. The molecule has 2 heteroatoms. The van der Waals surface area contributed by atoms with E-state index in [0.29, 0.717) is 11.5 Å². The van der Waals surface area contributed by atoms with E-state index >= 15 is 0 Å². The summed E-state index contributed by atoms with van der Waals surface area (Å²) in [5, 5.41) is 0. The zero-order chi connectivity index (χ0) is 10.2. The van der Waals surface area contributed by atoms with Crippen LogP contribution in [0.25, 0.3) is 0 Å². The van der Waals surface area contributed by atoms with Crippen LogP contribution in [0.5, 0.6) is 0 Å². The van der Waals surface area contributed by atoms with E-state index in [9.17, 15) is 0 Å². The van der Waals surface area contributed by atoms with Gasteiger partial charge in [-0.1, -0.05) is 13.8 Å². The van der Waals surface area contributed by atoms with Crippen molar-refractivity contribution in [2.45, 2.75) is 64.0 Å². The molecule has 2 unspecified atom stereocenters. The minimum atomic E-state index is 0.0680. The molecule has 1 heterocycles. The lowest BCUT2D eigenvalue weighted by Crippen LogP contribution is -2.41. The van der Waals surface area contributed by atoms with E-state index in [1.165, 1.54) is 32.1 Å². The summed E-state index contributed by atoms with van der Waals surface area (Å²) in [7, 11) is 0. The van der Waals surface area contributed by atoms with Crippen molar-refractivity contribution in [1.29, 1.82) is 0 Å². The maximum absolute atomic E-state index is 6.43. The molecule has 1 aliphatic heterocycles. The second-order valence-electron chi connectivity index (χ2n) is 6.04. The molecule has 1 aliphatic carbocycles. The zero-order valence-electron chi connectivity index (χ0n) is 9.51. The fraction of sp³-hybridized carbons (Fsp3) is 1.00. The van der Waals surface area contributed by atoms with Gasteiger partial charge in [0.2, 0.25) is 0 Å². The lowest BCUT2D eigenvalue weighted by atomic mass is 9.85. The quantitative estimate of drug-likeness (QED) is 0.738. The first-order chi connectivity index (χ1) is 6.49. The highest BCUT2D eigenvalue weighted by atomic mass is 16.5. The summed E-state index contributed by atoms with van der Waals surface area (Å²) in [4.78, 5) is 0. The third-order valence-electron chi connectivity index (χ3n) is 3.79. The Morgan fingerprint density at radius 3 is 2.64 bits per heavy atom. The van der Waals surface area contributed by atoms with Crippen LogP contribution >= 0.6 is 0 Å². The third kappa shape index (κ3) is 2.29. The standard InChI is InChI=1S/C12H23NO/c1-11(2)5-6-12(13,9-11)8-10-4-3-7-14-10/h10H,3-9,13H2,1-2H3. The Morgan fingerprint density at radius 1 is 1.36 bits per heavy atom. The van der Waals surface area contributed by atoms with Crippen molar-refractivity contribution >= 4 is 0 Å². The van der Waals surface area contributed by atoms with Crippen molar-refractivity contribution in [2.75, 3.05) is 6.61 Å². The second-order valence-corrected chi connectivity index (χ2v) is 6.04. The molecule has 2 fully saturated rings. The van der Waals surface area contributed by atoms with E-state index in [-0.39, 0.29) is 5.54 Å². The van der Waals surface area contributed by atoms with Gasteiger partial charge in [0.1, 0.15) is 0 Å². The first-order valence-corrected chi connectivity index (χ1v) is 5.90. The van der Waals surface area contributed by atoms with Crippen LogP contribution in [0.2, 0.25) is 0 Å². The highest BCUT2D eigenvalue weighted by Gasteiger charge is 2.42. The van der Waals surface area contributed by atoms with Gasteiger partial charge in [0.25, 0.3) is 0 Å². The van der Waals surface area contributed by atoms with Gasteiger partial charge in [-0.3, -0.25) is 0 Å². The molecule has 82 valence electrons. The molecule has 2 rings (SSSR count). The summed E-state index contributed by atoms with van der Waals surface area (Å²) in [5.41, 5.74) is 6.95. The predicted molar refractivity (Wildman–Crippen MR) is 58.1 cm³/mol. The van der Waals surface area contributed by atoms with Crippen LogP contribution in [0.15, 0.2) is 0 Å². The van der Waals surface area contributed by atoms with Gasteiger partial charge in [-0.05, 0) is 43.9 Å². The Kier molecular flexibility index (Phi) is 2.61. The van der Waals surface area contributed by atoms with Crippen molar-refractivity contribution in [3.8, 4) is 0 Å². The number of rotatable bonds is 2. The Hall–Kier alpha value is -0.0800. The SMILES string of the molecule is CC1(C)CCC(N)(CC2CCCO2)C1. The Bertz CT molecular complexity index is 208.